The van der Waals surface area contributed by atoms with Gasteiger partial charge in [-0.1, -0.05) is 48.5 Å². The predicted octanol–water partition coefficient (Wildman–Crippen LogP) is 7.42. The summed E-state index contributed by atoms with van der Waals surface area (Å²) in [7, 11) is 5.46. The zero-order chi connectivity index (χ0) is 32.9. The largest absolute Gasteiger partial charge is 0.496 e. The molecule has 1 fully saturated rings. The molecule has 1 aliphatic rings. The van der Waals surface area contributed by atoms with E-state index < -0.39 is 0 Å². The number of aryl methyl sites for hydroxylation is 2. The van der Waals surface area contributed by atoms with Crippen LogP contribution in [0.4, 0.5) is 5.69 Å². The van der Waals surface area contributed by atoms with Crippen molar-refractivity contribution in [1.29, 1.82) is 0 Å². The van der Waals surface area contributed by atoms with Crippen LogP contribution in [0.3, 0.4) is 0 Å². The molecule has 1 N–H and O–H groups in total. The van der Waals surface area contributed by atoms with Gasteiger partial charge < -0.3 is 29.2 Å². The number of amides is 1. The molecule has 1 amide bonds. The summed E-state index contributed by atoms with van der Waals surface area (Å²) < 4.78 is 13.9. The molecule has 0 unspecified atom stereocenters. The van der Waals surface area contributed by atoms with E-state index in [1.54, 1.807) is 14.2 Å². The van der Waals surface area contributed by atoms with Gasteiger partial charge in [0.15, 0.2) is 0 Å². The summed E-state index contributed by atoms with van der Waals surface area (Å²) in [5, 5.41) is 4.35. The number of carbonyl (C=O) groups is 1. The van der Waals surface area contributed by atoms with Crippen LogP contribution in [0.15, 0.2) is 84.9 Å². The van der Waals surface area contributed by atoms with E-state index in [-0.39, 0.29) is 5.91 Å². The summed E-state index contributed by atoms with van der Waals surface area (Å²) >= 11 is 0. The Hall–Kier alpha value is -4.59. The Morgan fingerprint density at radius 1 is 0.787 bits per heavy atom. The molecule has 1 saturated heterocycles. The maximum Gasteiger partial charge on any atom is 0.255 e. The van der Waals surface area contributed by atoms with Crippen LogP contribution in [-0.4, -0.2) is 74.3 Å². The predicted molar refractivity (Wildman–Crippen MR) is 192 cm³/mol. The van der Waals surface area contributed by atoms with E-state index in [4.69, 9.17) is 9.47 Å². The molecule has 1 aromatic heterocycles. The zero-order valence-electron chi connectivity index (χ0n) is 28.3. The third kappa shape index (κ3) is 7.22. The minimum Gasteiger partial charge on any atom is -0.496 e. The lowest BCUT2D eigenvalue weighted by molar-refractivity contribution is 0.102. The van der Waals surface area contributed by atoms with E-state index in [1.807, 2.05) is 66.7 Å². The summed E-state index contributed by atoms with van der Waals surface area (Å²) in [6, 6.07) is 28.3. The van der Waals surface area contributed by atoms with Crippen molar-refractivity contribution in [2.45, 2.75) is 33.2 Å². The van der Waals surface area contributed by atoms with Crippen molar-refractivity contribution in [2.75, 3.05) is 59.3 Å². The van der Waals surface area contributed by atoms with Crippen molar-refractivity contribution in [2.24, 2.45) is 0 Å². The minimum atomic E-state index is -0.186. The normalized spacial score (nSPS) is 14.0. The van der Waals surface area contributed by atoms with Gasteiger partial charge in [0.25, 0.3) is 5.91 Å². The Kier molecular flexibility index (Phi) is 9.95. The van der Waals surface area contributed by atoms with E-state index >= 15 is 0 Å². The van der Waals surface area contributed by atoms with Crippen molar-refractivity contribution >= 4 is 22.5 Å². The van der Waals surface area contributed by atoms with Gasteiger partial charge in [-0.05, 0) is 86.8 Å². The highest BCUT2D eigenvalue weighted by Gasteiger charge is 2.18. The van der Waals surface area contributed by atoms with Crippen molar-refractivity contribution in [3.63, 3.8) is 0 Å². The van der Waals surface area contributed by atoms with Crippen LogP contribution in [0.25, 0.3) is 22.0 Å². The van der Waals surface area contributed by atoms with Crippen molar-refractivity contribution < 1.29 is 14.3 Å². The Morgan fingerprint density at radius 2 is 1.45 bits per heavy atom. The summed E-state index contributed by atoms with van der Waals surface area (Å²) in [5.41, 5.74) is 9.50. The van der Waals surface area contributed by atoms with Gasteiger partial charge in [0.2, 0.25) is 0 Å². The number of aromatic nitrogens is 1. The fraction of sp³-hybridized carbons (Fsp3) is 0.325. The molecular formula is C40H46N4O3. The molecule has 0 aliphatic carbocycles. The van der Waals surface area contributed by atoms with E-state index in [9.17, 15) is 4.79 Å². The lowest BCUT2D eigenvalue weighted by atomic mass is 10.0. The number of hydrogen-bond donors (Lipinski definition) is 1. The van der Waals surface area contributed by atoms with Crippen LogP contribution in [-0.2, 0) is 13.0 Å². The second kappa shape index (κ2) is 14.4. The fourth-order valence-corrected chi connectivity index (χ4v) is 6.71. The summed E-state index contributed by atoms with van der Waals surface area (Å²) in [5.74, 6) is 1.07. The topological polar surface area (TPSA) is 59.0 Å². The highest BCUT2D eigenvalue weighted by Crippen LogP contribution is 2.41. The van der Waals surface area contributed by atoms with Crippen molar-refractivity contribution in [3.05, 3.63) is 113 Å². The van der Waals surface area contributed by atoms with Gasteiger partial charge in [0, 0.05) is 72.7 Å². The smallest absolute Gasteiger partial charge is 0.255 e. The zero-order valence-corrected chi connectivity index (χ0v) is 28.3. The van der Waals surface area contributed by atoms with Crippen molar-refractivity contribution in [3.8, 4) is 22.6 Å². The molecule has 0 atom stereocenters. The van der Waals surface area contributed by atoms with Crippen LogP contribution in [0.5, 0.6) is 11.5 Å². The number of methoxy groups -OCH3 is 2. The molecule has 47 heavy (non-hydrogen) atoms. The summed E-state index contributed by atoms with van der Waals surface area (Å²) in [4.78, 5) is 18.2. The number of nitrogens with one attached hydrogen (secondary N) is 1. The lowest BCUT2D eigenvalue weighted by Gasteiger charge is -2.32. The van der Waals surface area contributed by atoms with Gasteiger partial charge in [-0.25, -0.2) is 0 Å². The van der Waals surface area contributed by atoms with Crippen LogP contribution in [0.2, 0.25) is 0 Å². The first-order valence-electron chi connectivity index (χ1n) is 16.6. The number of likely N-dealkylation sites (N-methyl/N-ethyl adjacent to an activating group) is 1. The number of ether oxygens (including phenoxy) is 2. The quantitative estimate of drug-likeness (QED) is 0.165. The highest BCUT2D eigenvalue weighted by atomic mass is 16.5. The monoisotopic (exact) mass is 630 g/mol. The molecule has 1 aliphatic heterocycles. The van der Waals surface area contributed by atoms with Gasteiger partial charge in [0.1, 0.15) is 11.5 Å². The Balaban J connectivity index is 1.11. The molecular weight excluding hydrogens is 584 g/mol. The first-order chi connectivity index (χ1) is 22.8. The molecule has 0 bridgehead atoms. The molecule has 0 radical (unpaired) electrons. The first kappa shape index (κ1) is 32.4. The third-order valence-corrected chi connectivity index (χ3v) is 9.61. The van der Waals surface area contributed by atoms with Gasteiger partial charge in [-0.2, -0.15) is 0 Å². The molecule has 6 rings (SSSR count). The number of piperazine rings is 1. The number of nitrogens with zero attached hydrogens (tertiary/aromatic N) is 3. The van der Waals surface area contributed by atoms with Crippen molar-refractivity contribution in [1.82, 2.24) is 14.4 Å². The van der Waals surface area contributed by atoms with Crippen LogP contribution < -0.4 is 14.8 Å². The Bertz CT molecular complexity index is 1810. The molecule has 0 saturated carbocycles. The van der Waals surface area contributed by atoms with Gasteiger partial charge >= 0.3 is 0 Å². The van der Waals surface area contributed by atoms with Crippen LogP contribution in [0.1, 0.15) is 39.2 Å². The summed E-state index contributed by atoms with van der Waals surface area (Å²) in [6.45, 7) is 11.4. The maximum absolute atomic E-state index is 13.2. The fourth-order valence-electron chi connectivity index (χ4n) is 6.71. The number of fused-ring (bicyclic) bond motifs is 1. The number of hydrogen-bond acceptors (Lipinski definition) is 5. The molecule has 7 heteroatoms. The molecule has 7 nitrogen and oxygen atoms in total. The van der Waals surface area contributed by atoms with E-state index in [2.05, 4.69) is 58.8 Å². The first-order valence-corrected chi connectivity index (χ1v) is 16.6. The van der Waals surface area contributed by atoms with Crippen LogP contribution in [0, 0.1) is 13.8 Å². The average Bonchev–Trinajstić information content (AvgIpc) is 3.33. The molecule has 5 aromatic rings. The number of benzene rings is 4. The average molecular weight is 631 g/mol. The van der Waals surface area contributed by atoms with Gasteiger partial charge in [-0.3, -0.25) is 4.79 Å². The number of anilines is 1. The molecule has 4 aromatic carbocycles. The maximum atomic E-state index is 13.2. The Morgan fingerprint density at radius 3 is 2.11 bits per heavy atom. The van der Waals surface area contributed by atoms with Gasteiger partial charge in [-0.15, -0.1) is 0 Å². The van der Waals surface area contributed by atoms with E-state index in [0.29, 0.717) is 22.7 Å². The number of rotatable bonds is 11. The van der Waals surface area contributed by atoms with E-state index in [1.165, 1.54) is 53.9 Å². The molecule has 0 spiro atoms. The standard InChI is InChI=1S/C40H46N4O3/c1-28-29(2)44(19-9-18-43-22-20-42(3)21-23-43)36-17-14-31(25-35(28)36)24-30-12-15-33(16-13-30)40(45)41-34-26-37(46-4)39(38(27-34)47-5)32-10-7-6-8-11-32/h6-8,10-17,25-27H,9,18-24H2,1-5H3,(H,41,45). The minimum absolute atomic E-state index is 0.186. The third-order valence-electron chi connectivity index (χ3n) is 9.61. The summed E-state index contributed by atoms with van der Waals surface area (Å²) in [6.07, 6.45) is 1.97. The van der Waals surface area contributed by atoms with Crippen LogP contribution >= 0.6 is 0 Å². The Labute approximate surface area is 278 Å². The second-order valence-corrected chi connectivity index (χ2v) is 12.7. The highest BCUT2D eigenvalue weighted by molar-refractivity contribution is 6.04. The molecule has 244 valence electrons. The lowest BCUT2D eigenvalue weighted by Crippen LogP contribution is -2.44. The number of carbonyl (C=O) groups excluding carboxylic acids is 1. The second-order valence-electron chi connectivity index (χ2n) is 12.7. The SMILES string of the molecule is COc1cc(NC(=O)c2ccc(Cc3ccc4c(c3)c(C)c(C)n4CCCN3CCN(C)CC3)cc2)cc(OC)c1-c1ccccc1. The molecule has 2 heterocycles. The van der Waals surface area contributed by atoms with E-state index in [0.717, 1.165) is 42.6 Å². The van der Waals surface area contributed by atoms with Gasteiger partial charge in [0.05, 0.1) is 19.8 Å².